The van der Waals surface area contributed by atoms with Gasteiger partial charge in [0.1, 0.15) is 6.04 Å². The molecule has 3 amide bonds. The van der Waals surface area contributed by atoms with Gasteiger partial charge in [0.05, 0.1) is 12.2 Å². The first-order valence-corrected chi connectivity index (χ1v) is 12.5. The maximum Gasteiger partial charge on any atom is 0.416 e. The predicted molar refractivity (Wildman–Crippen MR) is 118 cm³/mol. The largest absolute Gasteiger partial charge is 0.416 e. The summed E-state index contributed by atoms with van der Waals surface area (Å²) in [6.07, 6.45) is -4.27. The summed E-state index contributed by atoms with van der Waals surface area (Å²) in [6, 6.07) is 3.17. The topological polar surface area (TPSA) is 156 Å². The van der Waals surface area contributed by atoms with Gasteiger partial charge in [-0.3, -0.25) is 18.9 Å². The molecule has 1 aromatic rings. The Morgan fingerprint density at radius 3 is 2.09 bits per heavy atom. The number of likely N-dealkylation sites (tertiary alicyclic amines) is 1. The van der Waals surface area contributed by atoms with Gasteiger partial charge in [0.15, 0.2) is 0 Å². The third-order valence-corrected chi connectivity index (χ3v) is 7.67. The summed E-state index contributed by atoms with van der Waals surface area (Å²) in [7, 11) is -5.29. The fraction of sp³-hybridized carbons (Fsp3) is 0.571. The van der Waals surface area contributed by atoms with Crippen LogP contribution in [0.15, 0.2) is 24.3 Å². The number of halogens is 3. The molecule has 2 rings (SSSR count). The van der Waals surface area contributed by atoms with Crippen LogP contribution in [0.25, 0.3) is 0 Å². The quantitative estimate of drug-likeness (QED) is 0.322. The van der Waals surface area contributed by atoms with Crippen LogP contribution in [0.3, 0.4) is 0 Å². The van der Waals surface area contributed by atoms with Crippen molar-refractivity contribution in [3.63, 3.8) is 0 Å². The maximum atomic E-state index is 13.3. The number of carbonyl (C=O) groups excluding carboxylic acids is 3. The molecule has 0 saturated carbocycles. The Morgan fingerprint density at radius 1 is 1.14 bits per heavy atom. The van der Waals surface area contributed by atoms with Crippen LogP contribution < -0.4 is 10.6 Å². The van der Waals surface area contributed by atoms with E-state index in [4.69, 9.17) is 0 Å². The van der Waals surface area contributed by atoms with Crippen LogP contribution in [0.1, 0.15) is 50.2 Å². The molecule has 1 aromatic carbocycles. The van der Waals surface area contributed by atoms with E-state index in [-0.39, 0.29) is 19.0 Å². The molecule has 10 nitrogen and oxygen atoms in total. The first-order chi connectivity index (χ1) is 16.2. The minimum atomic E-state index is -5.29. The van der Waals surface area contributed by atoms with E-state index in [2.05, 4.69) is 10.6 Å². The number of nitrogens with zero attached hydrogens (tertiary/aromatic N) is 1. The van der Waals surface area contributed by atoms with Gasteiger partial charge < -0.3 is 30.4 Å². The highest BCUT2D eigenvalue weighted by Gasteiger charge is 2.56. The van der Waals surface area contributed by atoms with Gasteiger partial charge in [-0.2, -0.15) is 13.2 Å². The number of nitrogens with one attached hydrogen (secondary N) is 2. The zero-order valence-electron chi connectivity index (χ0n) is 19.2. The summed E-state index contributed by atoms with van der Waals surface area (Å²) in [5.41, 5.74) is -0.129. The number of piperidine rings is 1. The lowest BCUT2D eigenvalue weighted by Crippen LogP contribution is -2.63. The SMILES string of the molecule is CCC(NC(=O)[C@H](CO)NC(C)=O)(C(=O)N1CCC(c2ccc(C(F)(F)F)cc2)CC1)P(=O)(O)O. The van der Waals surface area contributed by atoms with E-state index in [0.29, 0.717) is 18.4 Å². The third-order valence-electron chi connectivity index (χ3n) is 6.06. The van der Waals surface area contributed by atoms with Crippen LogP contribution in [0.5, 0.6) is 0 Å². The Kier molecular flexibility index (Phi) is 9.10. The van der Waals surface area contributed by atoms with Gasteiger partial charge in [0.2, 0.25) is 17.1 Å². The smallest absolute Gasteiger partial charge is 0.394 e. The molecule has 0 radical (unpaired) electrons. The lowest BCUT2D eigenvalue weighted by Gasteiger charge is -2.40. The van der Waals surface area contributed by atoms with Crippen molar-refractivity contribution in [2.45, 2.75) is 56.5 Å². The molecule has 0 bridgehead atoms. The maximum absolute atomic E-state index is 13.3. The Hall–Kier alpha value is -2.47. The zero-order chi connectivity index (χ0) is 26.6. The van der Waals surface area contributed by atoms with E-state index >= 15 is 0 Å². The average Bonchev–Trinajstić information content (AvgIpc) is 2.79. The number of carbonyl (C=O) groups is 3. The predicted octanol–water partition coefficient (Wildman–Crippen LogP) is 1.31. The van der Waals surface area contributed by atoms with Gasteiger partial charge in [-0.05, 0) is 42.9 Å². The second-order valence-electron chi connectivity index (χ2n) is 8.37. The number of alkyl halides is 3. The summed E-state index contributed by atoms with van der Waals surface area (Å²) < 4.78 is 50.8. The minimum Gasteiger partial charge on any atom is -0.394 e. The molecule has 0 aromatic heterocycles. The van der Waals surface area contributed by atoms with E-state index in [1.807, 2.05) is 0 Å². The van der Waals surface area contributed by atoms with Gasteiger partial charge in [-0.15, -0.1) is 0 Å². The average molecular weight is 523 g/mol. The Balaban J connectivity index is 2.19. The molecule has 1 aliphatic heterocycles. The number of hydrogen-bond donors (Lipinski definition) is 5. The van der Waals surface area contributed by atoms with Crippen LogP contribution in [0.2, 0.25) is 0 Å². The van der Waals surface area contributed by atoms with Crippen LogP contribution >= 0.6 is 7.60 Å². The Morgan fingerprint density at radius 2 is 1.69 bits per heavy atom. The van der Waals surface area contributed by atoms with Crippen molar-refractivity contribution in [1.29, 1.82) is 0 Å². The number of aliphatic hydroxyl groups excluding tert-OH is 1. The highest BCUT2D eigenvalue weighted by atomic mass is 31.2. The molecule has 14 heteroatoms. The molecule has 5 N–H and O–H groups in total. The highest BCUT2D eigenvalue weighted by Crippen LogP contribution is 2.52. The van der Waals surface area contributed by atoms with Gasteiger partial charge >= 0.3 is 13.8 Å². The zero-order valence-corrected chi connectivity index (χ0v) is 20.1. The molecule has 0 aliphatic carbocycles. The van der Waals surface area contributed by atoms with Gasteiger partial charge in [-0.1, -0.05) is 19.1 Å². The van der Waals surface area contributed by atoms with Crippen molar-refractivity contribution in [1.82, 2.24) is 15.5 Å². The summed E-state index contributed by atoms with van der Waals surface area (Å²) in [5.74, 6) is -3.00. The fourth-order valence-corrected chi connectivity index (χ4v) is 5.11. The van der Waals surface area contributed by atoms with Gasteiger partial charge in [0, 0.05) is 20.0 Å². The molecule has 1 unspecified atom stereocenters. The number of aliphatic hydroxyl groups is 1. The van der Waals surface area contributed by atoms with Crippen molar-refractivity contribution in [2.24, 2.45) is 0 Å². The standard InChI is InChI=1S/C21H29F3N3O7P/c1-3-20(35(32,33)34,26-18(30)17(12-28)25-13(2)29)19(31)27-10-8-15(9-11-27)14-4-6-16(7-5-14)21(22,23)24/h4-7,15,17,28H,3,8-12H2,1-2H3,(H,25,29)(H,26,30)(H2,32,33,34)/t17-,20?/m0/s1. The summed E-state index contributed by atoms with van der Waals surface area (Å²) in [5, 5.41) is 11.0. The van der Waals surface area contributed by atoms with Crippen molar-refractivity contribution in [3.05, 3.63) is 35.4 Å². The number of amides is 3. The second-order valence-corrected chi connectivity index (χ2v) is 10.2. The molecule has 1 aliphatic rings. The molecular weight excluding hydrogens is 494 g/mol. The van der Waals surface area contributed by atoms with Crippen LogP contribution in [0, 0.1) is 0 Å². The lowest BCUT2D eigenvalue weighted by atomic mass is 9.88. The van der Waals surface area contributed by atoms with Crippen LogP contribution in [-0.4, -0.2) is 68.5 Å². The monoisotopic (exact) mass is 523 g/mol. The Labute approximate surface area is 200 Å². The molecular formula is C21H29F3N3O7P. The summed E-state index contributed by atoms with van der Waals surface area (Å²) in [4.78, 5) is 58.4. The molecule has 0 spiro atoms. The van der Waals surface area contributed by atoms with Gasteiger partial charge in [-0.25, -0.2) is 0 Å². The fourth-order valence-electron chi connectivity index (χ4n) is 4.05. The highest BCUT2D eigenvalue weighted by molar-refractivity contribution is 7.54. The third kappa shape index (κ3) is 6.60. The number of hydrogen-bond acceptors (Lipinski definition) is 5. The van der Waals surface area contributed by atoms with Crippen molar-refractivity contribution >= 4 is 25.3 Å². The summed E-state index contributed by atoms with van der Waals surface area (Å²) >= 11 is 0. The molecule has 1 saturated heterocycles. The minimum absolute atomic E-state index is 0.0528. The normalized spacial score (nSPS) is 17.9. The van der Waals surface area contributed by atoms with Gasteiger partial charge in [0.25, 0.3) is 5.91 Å². The number of rotatable bonds is 8. The Bertz CT molecular complexity index is 975. The molecule has 2 atom stereocenters. The van der Waals surface area contributed by atoms with E-state index in [9.17, 15) is 47.0 Å². The van der Waals surface area contributed by atoms with Crippen molar-refractivity contribution in [3.8, 4) is 0 Å². The molecule has 35 heavy (non-hydrogen) atoms. The van der Waals surface area contributed by atoms with Crippen LogP contribution in [0.4, 0.5) is 13.2 Å². The molecule has 196 valence electrons. The van der Waals surface area contributed by atoms with E-state index < -0.39 is 61.4 Å². The molecule has 1 heterocycles. The number of benzene rings is 1. The molecule has 1 fully saturated rings. The second kappa shape index (κ2) is 11.1. The van der Waals surface area contributed by atoms with Crippen LogP contribution in [-0.2, 0) is 25.1 Å². The lowest BCUT2D eigenvalue weighted by molar-refractivity contribution is -0.141. The first-order valence-electron chi connectivity index (χ1n) is 10.9. The summed E-state index contributed by atoms with van der Waals surface area (Å²) in [6.45, 7) is 1.63. The van der Waals surface area contributed by atoms with Crippen molar-refractivity contribution in [2.75, 3.05) is 19.7 Å². The van der Waals surface area contributed by atoms with E-state index in [1.165, 1.54) is 24.0 Å². The first kappa shape index (κ1) is 28.8. The van der Waals surface area contributed by atoms with Crippen molar-refractivity contribution < 1.29 is 47.0 Å². The van der Waals surface area contributed by atoms with E-state index in [0.717, 1.165) is 19.1 Å². The van der Waals surface area contributed by atoms with E-state index in [1.54, 1.807) is 0 Å².